The van der Waals surface area contributed by atoms with E-state index in [1.54, 1.807) is 22.9 Å². The smallest absolute Gasteiger partial charge is 0.309 e. The molecule has 2 aromatic rings. The van der Waals surface area contributed by atoms with Crippen LogP contribution in [0, 0.1) is 11.7 Å². The standard InChI is InChI=1S/C14H14FN3O2/c1-20-14(19)9-6-7-18-12(8-9)16-13(17-18)10-4-2-3-5-11(10)15/h2-5,9H,6-8H2,1H3. The summed E-state index contributed by atoms with van der Waals surface area (Å²) in [5.41, 5.74) is 0.379. The molecule has 0 amide bonds. The van der Waals surface area contributed by atoms with Gasteiger partial charge in [0, 0.05) is 13.0 Å². The Labute approximate surface area is 115 Å². The van der Waals surface area contributed by atoms with Crippen LogP contribution in [0.5, 0.6) is 0 Å². The first kappa shape index (κ1) is 12.8. The number of carbonyl (C=O) groups is 1. The number of aryl methyl sites for hydroxylation is 1. The molecule has 0 saturated heterocycles. The molecule has 20 heavy (non-hydrogen) atoms. The van der Waals surface area contributed by atoms with Crippen molar-refractivity contribution in [3.63, 3.8) is 0 Å². The third kappa shape index (κ3) is 2.17. The average Bonchev–Trinajstić information content (AvgIpc) is 2.89. The summed E-state index contributed by atoms with van der Waals surface area (Å²) >= 11 is 0. The quantitative estimate of drug-likeness (QED) is 0.784. The van der Waals surface area contributed by atoms with Gasteiger partial charge in [0.25, 0.3) is 0 Å². The fraction of sp³-hybridized carbons (Fsp3) is 0.357. The molecule has 0 fully saturated rings. The minimum absolute atomic E-state index is 0.190. The first-order valence-corrected chi connectivity index (χ1v) is 6.45. The number of benzene rings is 1. The van der Waals surface area contributed by atoms with Gasteiger partial charge in [-0.1, -0.05) is 12.1 Å². The Balaban J connectivity index is 1.91. The van der Waals surface area contributed by atoms with Gasteiger partial charge in [-0.05, 0) is 18.6 Å². The molecule has 1 aliphatic rings. The minimum Gasteiger partial charge on any atom is -0.469 e. The molecule has 1 atom stereocenters. The van der Waals surface area contributed by atoms with E-state index < -0.39 is 0 Å². The Bertz CT molecular complexity index is 654. The van der Waals surface area contributed by atoms with Gasteiger partial charge in [0.2, 0.25) is 0 Å². The molecule has 104 valence electrons. The Hall–Kier alpha value is -2.24. The molecule has 6 heteroatoms. The van der Waals surface area contributed by atoms with Crippen LogP contribution in [0.25, 0.3) is 11.4 Å². The summed E-state index contributed by atoms with van der Waals surface area (Å²) in [6.07, 6.45) is 1.15. The average molecular weight is 275 g/mol. The lowest BCUT2D eigenvalue weighted by atomic mass is 9.98. The highest BCUT2D eigenvalue weighted by molar-refractivity contribution is 5.72. The molecule has 1 aromatic carbocycles. The number of fused-ring (bicyclic) bond motifs is 1. The van der Waals surface area contributed by atoms with E-state index in [9.17, 15) is 9.18 Å². The van der Waals surface area contributed by atoms with Crippen molar-refractivity contribution in [1.82, 2.24) is 14.8 Å². The third-order valence-electron chi connectivity index (χ3n) is 3.52. The van der Waals surface area contributed by atoms with E-state index in [0.717, 1.165) is 0 Å². The van der Waals surface area contributed by atoms with Gasteiger partial charge in [-0.25, -0.2) is 14.1 Å². The minimum atomic E-state index is -0.347. The molecular weight excluding hydrogens is 261 g/mol. The zero-order valence-electron chi connectivity index (χ0n) is 11.0. The molecule has 0 saturated carbocycles. The maximum absolute atomic E-state index is 13.7. The number of esters is 1. The number of methoxy groups -OCH3 is 1. The molecule has 1 aromatic heterocycles. The lowest BCUT2D eigenvalue weighted by molar-refractivity contribution is -0.146. The van der Waals surface area contributed by atoms with Gasteiger partial charge in [-0.3, -0.25) is 4.79 Å². The Kier molecular flexibility index (Phi) is 3.22. The van der Waals surface area contributed by atoms with Crippen molar-refractivity contribution in [2.45, 2.75) is 19.4 Å². The molecule has 0 N–H and O–H groups in total. The van der Waals surface area contributed by atoms with Gasteiger partial charge in [-0.15, -0.1) is 0 Å². The first-order valence-electron chi connectivity index (χ1n) is 6.45. The highest BCUT2D eigenvalue weighted by atomic mass is 19.1. The van der Waals surface area contributed by atoms with Gasteiger partial charge < -0.3 is 4.74 Å². The third-order valence-corrected chi connectivity index (χ3v) is 3.52. The summed E-state index contributed by atoms with van der Waals surface area (Å²) in [4.78, 5) is 15.9. The van der Waals surface area contributed by atoms with E-state index in [-0.39, 0.29) is 17.7 Å². The SMILES string of the molecule is COC(=O)C1CCn2nc(-c3ccccc3F)nc2C1. The zero-order valence-corrected chi connectivity index (χ0v) is 11.0. The van der Waals surface area contributed by atoms with E-state index in [0.29, 0.717) is 36.6 Å². The fourth-order valence-electron chi connectivity index (χ4n) is 2.43. The summed E-state index contributed by atoms with van der Waals surface area (Å²) in [7, 11) is 1.38. The maximum Gasteiger partial charge on any atom is 0.309 e. The monoisotopic (exact) mass is 275 g/mol. The van der Waals surface area contributed by atoms with Crippen LogP contribution >= 0.6 is 0 Å². The molecule has 1 unspecified atom stereocenters. The number of nitrogens with zero attached hydrogens (tertiary/aromatic N) is 3. The molecule has 0 bridgehead atoms. The maximum atomic E-state index is 13.7. The molecule has 0 radical (unpaired) electrons. The largest absolute Gasteiger partial charge is 0.469 e. The van der Waals surface area contributed by atoms with Gasteiger partial charge in [0.15, 0.2) is 5.82 Å². The van der Waals surface area contributed by atoms with E-state index >= 15 is 0 Å². The van der Waals surface area contributed by atoms with Gasteiger partial charge in [-0.2, -0.15) is 5.10 Å². The number of hydrogen-bond donors (Lipinski definition) is 0. The second-order valence-corrected chi connectivity index (χ2v) is 4.77. The van der Waals surface area contributed by atoms with Gasteiger partial charge in [0.1, 0.15) is 11.6 Å². The van der Waals surface area contributed by atoms with Crippen LogP contribution in [0.1, 0.15) is 12.2 Å². The summed E-state index contributed by atoms with van der Waals surface area (Å²) < 4.78 is 20.2. The normalized spacial score (nSPS) is 17.6. The van der Waals surface area contributed by atoms with Crippen LogP contribution in [-0.2, 0) is 22.5 Å². The molecule has 2 heterocycles. The summed E-state index contributed by atoms with van der Waals surface area (Å²) in [5.74, 6) is 0.297. The number of rotatable bonds is 2. The summed E-state index contributed by atoms with van der Waals surface area (Å²) in [6.45, 7) is 0.594. The molecule has 3 rings (SSSR count). The second-order valence-electron chi connectivity index (χ2n) is 4.77. The topological polar surface area (TPSA) is 57.0 Å². The Morgan fingerprint density at radius 2 is 2.25 bits per heavy atom. The molecule has 1 aliphatic heterocycles. The van der Waals surface area contributed by atoms with Crippen molar-refractivity contribution in [2.75, 3.05) is 7.11 Å². The fourth-order valence-corrected chi connectivity index (χ4v) is 2.43. The van der Waals surface area contributed by atoms with E-state index in [1.807, 2.05) is 0 Å². The van der Waals surface area contributed by atoms with Crippen LogP contribution in [0.15, 0.2) is 24.3 Å². The number of aromatic nitrogens is 3. The van der Waals surface area contributed by atoms with Crippen molar-refractivity contribution < 1.29 is 13.9 Å². The van der Waals surface area contributed by atoms with Crippen molar-refractivity contribution in [3.05, 3.63) is 35.9 Å². The lowest BCUT2D eigenvalue weighted by Crippen LogP contribution is -2.27. The zero-order chi connectivity index (χ0) is 14.1. The van der Waals surface area contributed by atoms with Crippen LogP contribution in [0.3, 0.4) is 0 Å². The van der Waals surface area contributed by atoms with E-state index in [1.165, 1.54) is 13.2 Å². The molecule has 0 aliphatic carbocycles. The summed E-state index contributed by atoms with van der Waals surface area (Å²) in [5, 5.41) is 4.31. The number of carbonyl (C=O) groups excluding carboxylic acids is 1. The lowest BCUT2D eigenvalue weighted by Gasteiger charge is -2.19. The molecule has 5 nitrogen and oxygen atoms in total. The van der Waals surface area contributed by atoms with Gasteiger partial charge in [0.05, 0.1) is 18.6 Å². The van der Waals surface area contributed by atoms with Crippen molar-refractivity contribution in [3.8, 4) is 11.4 Å². The van der Waals surface area contributed by atoms with Crippen molar-refractivity contribution in [1.29, 1.82) is 0 Å². The number of hydrogen-bond acceptors (Lipinski definition) is 4. The molecule has 0 spiro atoms. The van der Waals surface area contributed by atoms with E-state index in [2.05, 4.69) is 10.1 Å². The molecular formula is C14H14FN3O2. The van der Waals surface area contributed by atoms with Crippen LogP contribution in [0.2, 0.25) is 0 Å². The van der Waals surface area contributed by atoms with Crippen LogP contribution in [0.4, 0.5) is 4.39 Å². The summed E-state index contributed by atoms with van der Waals surface area (Å²) in [6, 6.07) is 6.40. The highest BCUT2D eigenvalue weighted by Crippen LogP contribution is 2.24. The first-order chi connectivity index (χ1) is 9.69. The highest BCUT2D eigenvalue weighted by Gasteiger charge is 2.28. The van der Waals surface area contributed by atoms with E-state index in [4.69, 9.17) is 4.74 Å². The Morgan fingerprint density at radius 3 is 3.00 bits per heavy atom. The second kappa shape index (κ2) is 5.03. The van der Waals surface area contributed by atoms with Gasteiger partial charge >= 0.3 is 5.97 Å². The predicted octanol–water partition coefficient (Wildman–Crippen LogP) is 1.82. The predicted molar refractivity (Wildman–Crippen MR) is 69.2 cm³/mol. The van der Waals surface area contributed by atoms with Crippen LogP contribution < -0.4 is 0 Å². The number of halogens is 1. The number of ether oxygens (including phenoxy) is 1. The van der Waals surface area contributed by atoms with Crippen molar-refractivity contribution >= 4 is 5.97 Å². The van der Waals surface area contributed by atoms with Crippen LogP contribution in [-0.4, -0.2) is 27.8 Å². The Morgan fingerprint density at radius 1 is 1.45 bits per heavy atom. The van der Waals surface area contributed by atoms with Crippen molar-refractivity contribution in [2.24, 2.45) is 5.92 Å².